The van der Waals surface area contributed by atoms with Crippen LogP contribution in [-0.4, -0.2) is 115 Å². The SMILES string of the molecule is CC(C#N)(C#N)[C@@]1(OC2(CO)O[C@H](CO)[C@@H](O)[C@@H]2O)O[C@H](CO)[C@@H](O)[C@H](O)[C@H]1O. The predicted molar refractivity (Wildman–Crippen MR) is 86.9 cm³/mol. The molecule has 0 spiro atoms. The Morgan fingerprint density at radius 2 is 1.38 bits per heavy atom. The van der Waals surface area contributed by atoms with Crippen LogP contribution in [0.3, 0.4) is 0 Å². The number of aliphatic hydroxyl groups excluding tert-OH is 8. The van der Waals surface area contributed by atoms with Crippen LogP contribution in [0.25, 0.3) is 0 Å². The number of rotatable bonds is 6. The molecule has 2 heterocycles. The van der Waals surface area contributed by atoms with E-state index in [0.29, 0.717) is 0 Å². The molecule has 0 aromatic rings. The highest BCUT2D eigenvalue weighted by atomic mass is 16.8. The van der Waals surface area contributed by atoms with Crippen molar-refractivity contribution in [1.29, 1.82) is 10.5 Å². The Bertz CT molecular complexity index is 665. The van der Waals surface area contributed by atoms with Gasteiger partial charge in [-0.25, -0.2) is 0 Å². The molecule has 29 heavy (non-hydrogen) atoms. The first kappa shape index (κ1) is 23.8. The van der Waals surface area contributed by atoms with Gasteiger partial charge in [0.05, 0.1) is 25.4 Å². The fraction of sp³-hybridized carbons (Fsp3) is 0.875. The molecule has 2 fully saturated rings. The lowest BCUT2D eigenvalue weighted by Crippen LogP contribution is -2.74. The maximum Gasteiger partial charge on any atom is 0.233 e. The van der Waals surface area contributed by atoms with Gasteiger partial charge in [-0.05, 0) is 6.92 Å². The molecule has 13 nitrogen and oxygen atoms in total. The Kier molecular flexibility index (Phi) is 6.86. The third-order valence-corrected chi connectivity index (χ3v) is 5.32. The van der Waals surface area contributed by atoms with Crippen LogP contribution in [-0.2, 0) is 14.2 Å². The van der Waals surface area contributed by atoms with Crippen molar-refractivity contribution in [2.24, 2.45) is 5.41 Å². The molecule has 2 aliphatic heterocycles. The largest absolute Gasteiger partial charge is 0.394 e. The molecule has 0 aromatic carbocycles. The van der Waals surface area contributed by atoms with Gasteiger partial charge < -0.3 is 55.1 Å². The summed E-state index contributed by atoms with van der Waals surface area (Å²) in [6.45, 7) is -2.00. The monoisotopic (exact) mass is 420 g/mol. The third-order valence-electron chi connectivity index (χ3n) is 5.32. The lowest BCUT2D eigenvalue weighted by Gasteiger charge is -2.53. The smallest absolute Gasteiger partial charge is 0.233 e. The molecule has 2 aliphatic rings. The quantitative estimate of drug-likeness (QED) is 0.201. The number of aliphatic hydroxyl groups is 8. The molecule has 0 saturated carbocycles. The van der Waals surface area contributed by atoms with E-state index in [-0.39, 0.29) is 0 Å². The highest BCUT2D eigenvalue weighted by Gasteiger charge is 2.70. The van der Waals surface area contributed by atoms with E-state index >= 15 is 0 Å². The summed E-state index contributed by atoms with van der Waals surface area (Å²) in [5, 5.41) is 99.0. The normalized spacial score (nSPS) is 45.6. The van der Waals surface area contributed by atoms with E-state index in [2.05, 4.69) is 0 Å². The van der Waals surface area contributed by atoms with Gasteiger partial charge in [-0.3, -0.25) is 0 Å². The zero-order valence-electron chi connectivity index (χ0n) is 15.4. The van der Waals surface area contributed by atoms with Gasteiger partial charge in [-0.1, -0.05) is 0 Å². The van der Waals surface area contributed by atoms with Crippen molar-refractivity contribution in [2.45, 2.75) is 61.2 Å². The second-order valence-corrected chi connectivity index (χ2v) is 7.13. The Morgan fingerprint density at radius 3 is 1.79 bits per heavy atom. The van der Waals surface area contributed by atoms with Crippen molar-refractivity contribution in [3.8, 4) is 12.1 Å². The molecule has 0 aliphatic carbocycles. The summed E-state index contributed by atoms with van der Waals surface area (Å²) in [7, 11) is 0. The summed E-state index contributed by atoms with van der Waals surface area (Å²) < 4.78 is 16.1. The van der Waals surface area contributed by atoms with E-state index in [0.717, 1.165) is 6.92 Å². The lowest BCUT2D eigenvalue weighted by atomic mass is 9.75. The zero-order chi connectivity index (χ0) is 22.2. The van der Waals surface area contributed by atoms with Crippen LogP contribution in [0.1, 0.15) is 6.92 Å². The van der Waals surface area contributed by atoms with E-state index in [9.17, 15) is 51.4 Å². The summed E-state index contributed by atoms with van der Waals surface area (Å²) in [4.78, 5) is 0. The molecule has 2 rings (SSSR count). The number of ether oxygens (including phenoxy) is 3. The maximum absolute atomic E-state index is 10.6. The molecule has 1 unspecified atom stereocenters. The van der Waals surface area contributed by atoms with Crippen LogP contribution in [0.4, 0.5) is 0 Å². The van der Waals surface area contributed by atoms with E-state index in [4.69, 9.17) is 14.2 Å². The minimum Gasteiger partial charge on any atom is -0.394 e. The summed E-state index contributed by atoms with van der Waals surface area (Å²) >= 11 is 0. The van der Waals surface area contributed by atoms with Crippen LogP contribution in [0.5, 0.6) is 0 Å². The number of nitriles is 2. The lowest BCUT2D eigenvalue weighted by molar-refractivity contribution is -0.450. The average molecular weight is 420 g/mol. The molecule has 0 amide bonds. The molecule has 2 saturated heterocycles. The van der Waals surface area contributed by atoms with E-state index in [1.165, 1.54) is 12.1 Å². The van der Waals surface area contributed by atoms with Gasteiger partial charge in [0.15, 0.2) is 5.41 Å². The topological polar surface area (TPSA) is 237 Å². The second kappa shape index (κ2) is 8.35. The van der Waals surface area contributed by atoms with Gasteiger partial charge >= 0.3 is 0 Å². The van der Waals surface area contributed by atoms with E-state index < -0.39 is 79.5 Å². The second-order valence-electron chi connectivity index (χ2n) is 7.13. The van der Waals surface area contributed by atoms with Gasteiger partial charge in [0.1, 0.15) is 49.3 Å². The third kappa shape index (κ3) is 3.40. The molecular formula is C16H24N2O11. The fourth-order valence-electron chi connectivity index (χ4n) is 3.43. The van der Waals surface area contributed by atoms with Crippen LogP contribution in [0.15, 0.2) is 0 Å². The minimum absolute atomic E-state index is 0.811. The summed E-state index contributed by atoms with van der Waals surface area (Å²) in [6.07, 6.45) is -13.2. The van der Waals surface area contributed by atoms with Crippen LogP contribution < -0.4 is 0 Å². The van der Waals surface area contributed by atoms with Gasteiger partial charge in [-0.15, -0.1) is 0 Å². The fourth-order valence-corrected chi connectivity index (χ4v) is 3.43. The van der Waals surface area contributed by atoms with Gasteiger partial charge in [0.25, 0.3) is 0 Å². The van der Waals surface area contributed by atoms with Crippen molar-refractivity contribution >= 4 is 0 Å². The molecule has 164 valence electrons. The van der Waals surface area contributed by atoms with Gasteiger partial charge in [0.2, 0.25) is 11.6 Å². The molecule has 8 N–H and O–H groups in total. The van der Waals surface area contributed by atoms with Crippen LogP contribution >= 0.6 is 0 Å². The molecular weight excluding hydrogens is 396 g/mol. The predicted octanol–water partition coefficient (Wildman–Crippen LogP) is -4.97. The Morgan fingerprint density at radius 1 is 0.862 bits per heavy atom. The summed E-state index contributed by atoms with van der Waals surface area (Å²) in [5.74, 6) is -5.49. The first-order valence-electron chi connectivity index (χ1n) is 8.64. The van der Waals surface area contributed by atoms with Crippen molar-refractivity contribution in [2.75, 3.05) is 19.8 Å². The number of nitrogens with zero attached hydrogens (tertiary/aromatic N) is 2. The summed E-state index contributed by atoms with van der Waals surface area (Å²) in [5.41, 5.74) is -2.45. The van der Waals surface area contributed by atoms with E-state index in [1.807, 2.05) is 0 Å². The van der Waals surface area contributed by atoms with Crippen LogP contribution in [0, 0.1) is 28.1 Å². The minimum atomic E-state index is -2.88. The Balaban J connectivity index is 2.64. The summed E-state index contributed by atoms with van der Waals surface area (Å²) in [6, 6.07) is 3.08. The molecule has 0 aromatic heterocycles. The molecule has 9 atom stereocenters. The van der Waals surface area contributed by atoms with Gasteiger partial charge in [0, 0.05) is 0 Å². The van der Waals surface area contributed by atoms with Crippen molar-refractivity contribution in [3.05, 3.63) is 0 Å². The Hall–Kier alpha value is -1.46. The highest BCUT2D eigenvalue weighted by molar-refractivity contribution is 5.23. The Labute approximate surface area is 165 Å². The molecule has 0 bridgehead atoms. The molecule has 0 radical (unpaired) electrons. The van der Waals surface area contributed by atoms with Crippen LogP contribution in [0.2, 0.25) is 0 Å². The number of hydrogen-bond acceptors (Lipinski definition) is 13. The number of hydrogen-bond donors (Lipinski definition) is 8. The first-order chi connectivity index (χ1) is 13.5. The average Bonchev–Trinajstić information content (AvgIpc) is 2.98. The molecule has 13 heteroatoms. The van der Waals surface area contributed by atoms with E-state index in [1.54, 1.807) is 0 Å². The van der Waals surface area contributed by atoms with Crippen molar-refractivity contribution < 1.29 is 55.1 Å². The van der Waals surface area contributed by atoms with Crippen molar-refractivity contribution in [3.63, 3.8) is 0 Å². The van der Waals surface area contributed by atoms with Gasteiger partial charge in [-0.2, -0.15) is 10.5 Å². The standard InChI is InChI=1S/C16H24N2O11/c1-14(4-17,5-18)16(13(26)11(24)9(22)7(2-19)28-16)29-15(6-21)12(25)10(23)8(3-20)27-15/h7-13,19-26H,2-3,6H2,1H3/t7-,8-,9-,10-,11+,12+,13-,15?,16-/m1/s1. The highest BCUT2D eigenvalue weighted by Crippen LogP contribution is 2.48. The maximum atomic E-state index is 10.6. The van der Waals surface area contributed by atoms with Crippen molar-refractivity contribution in [1.82, 2.24) is 0 Å². The first-order valence-corrected chi connectivity index (χ1v) is 8.64. The zero-order valence-corrected chi connectivity index (χ0v) is 15.4.